The van der Waals surface area contributed by atoms with Crippen LogP contribution in [-0.2, 0) is 4.79 Å². The van der Waals surface area contributed by atoms with E-state index in [-0.39, 0.29) is 6.61 Å². The van der Waals surface area contributed by atoms with Crippen LogP contribution in [0, 0.1) is 18.3 Å². The van der Waals surface area contributed by atoms with Gasteiger partial charge in [0.15, 0.2) is 6.61 Å². The number of nitrogens with two attached hydrogens (primary N) is 1. The Morgan fingerprint density at radius 2 is 2.19 bits per heavy atom. The molecule has 0 radical (unpaired) electrons. The van der Waals surface area contributed by atoms with Gasteiger partial charge in [-0.25, -0.2) is 4.98 Å². The smallest absolute Gasteiger partial charge is 0.255 e. The van der Waals surface area contributed by atoms with Crippen molar-refractivity contribution in [1.82, 2.24) is 9.97 Å². The molecule has 0 unspecified atom stereocenters. The minimum Gasteiger partial charge on any atom is -0.482 e. The fourth-order valence-corrected chi connectivity index (χ4v) is 3.26. The van der Waals surface area contributed by atoms with Gasteiger partial charge in [0.1, 0.15) is 17.6 Å². The minimum atomic E-state index is -0.545. The van der Waals surface area contributed by atoms with Crippen LogP contribution in [0.3, 0.4) is 0 Å². The molecule has 7 heteroatoms. The molecule has 0 atom stereocenters. The number of allylic oxidation sites excluding steroid dienone is 1. The number of imidazole rings is 1. The number of halogens is 1. The van der Waals surface area contributed by atoms with Gasteiger partial charge in [-0.05, 0) is 64.3 Å². The first kappa shape index (κ1) is 17.7. The molecule has 6 nitrogen and oxygen atoms in total. The van der Waals surface area contributed by atoms with Gasteiger partial charge in [-0.1, -0.05) is 12.1 Å². The fourth-order valence-electron chi connectivity index (χ4n) is 2.57. The maximum Gasteiger partial charge on any atom is 0.255 e. The number of nitrogens with one attached hydrogen (secondary N) is 1. The number of primary amides is 1. The molecule has 0 fully saturated rings. The van der Waals surface area contributed by atoms with Crippen LogP contribution in [0.25, 0.3) is 22.7 Å². The number of ether oxygens (including phenoxy) is 1. The number of aromatic nitrogens is 2. The van der Waals surface area contributed by atoms with E-state index in [2.05, 4.69) is 32.0 Å². The Kier molecular flexibility index (Phi) is 5.05. The quantitative estimate of drug-likeness (QED) is 0.627. The Morgan fingerprint density at radius 1 is 1.42 bits per heavy atom. The number of para-hydroxylation sites is 2. The molecule has 0 aliphatic heterocycles. The van der Waals surface area contributed by atoms with Crippen molar-refractivity contribution in [2.45, 2.75) is 6.92 Å². The van der Waals surface area contributed by atoms with Gasteiger partial charge < -0.3 is 15.5 Å². The Labute approximate surface area is 158 Å². The third kappa shape index (κ3) is 3.76. The number of nitrogens with zero attached hydrogens (tertiary/aromatic N) is 2. The highest BCUT2D eigenvalue weighted by Gasteiger charge is 2.11. The molecular formula is C19H15BrN4O2. The highest BCUT2D eigenvalue weighted by molar-refractivity contribution is 9.10. The van der Waals surface area contributed by atoms with Gasteiger partial charge in [0.25, 0.3) is 5.91 Å². The molecule has 130 valence electrons. The van der Waals surface area contributed by atoms with E-state index in [4.69, 9.17) is 10.5 Å². The van der Waals surface area contributed by atoms with Crippen LogP contribution in [0.2, 0.25) is 0 Å². The summed E-state index contributed by atoms with van der Waals surface area (Å²) in [7, 11) is 0. The predicted octanol–water partition coefficient (Wildman–Crippen LogP) is 3.56. The maximum absolute atomic E-state index is 10.9. The van der Waals surface area contributed by atoms with E-state index in [9.17, 15) is 10.1 Å². The number of H-pyrrole nitrogens is 1. The number of nitriles is 1. The molecule has 0 aliphatic rings. The molecule has 2 aromatic carbocycles. The van der Waals surface area contributed by atoms with Gasteiger partial charge in [-0.3, -0.25) is 4.79 Å². The number of amides is 1. The van der Waals surface area contributed by atoms with Crippen molar-refractivity contribution >= 4 is 44.5 Å². The number of aromatic amines is 1. The molecule has 3 N–H and O–H groups in total. The van der Waals surface area contributed by atoms with Crippen molar-refractivity contribution in [3.8, 4) is 11.8 Å². The molecule has 1 heterocycles. The van der Waals surface area contributed by atoms with Crippen molar-refractivity contribution in [1.29, 1.82) is 5.26 Å². The Morgan fingerprint density at radius 3 is 2.85 bits per heavy atom. The third-order valence-electron chi connectivity index (χ3n) is 3.69. The summed E-state index contributed by atoms with van der Waals surface area (Å²) in [6.07, 6.45) is 1.74. The van der Waals surface area contributed by atoms with Gasteiger partial charge in [-0.15, -0.1) is 0 Å². The molecule has 0 aliphatic carbocycles. The van der Waals surface area contributed by atoms with Gasteiger partial charge in [0.05, 0.1) is 21.1 Å². The Balaban J connectivity index is 1.96. The van der Waals surface area contributed by atoms with E-state index in [0.29, 0.717) is 21.6 Å². The number of carbonyl (C=O) groups is 1. The van der Waals surface area contributed by atoms with E-state index in [1.807, 2.05) is 43.3 Å². The molecule has 26 heavy (non-hydrogen) atoms. The van der Waals surface area contributed by atoms with Crippen LogP contribution in [0.15, 0.2) is 40.9 Å². The number of benzene rings is 2. The SMILES string of the molecule is Cc1cc(/C=C(/C#N)c2nc3ccccc3[nH]2)cc(Br)c1OCC(N)=O. The number of hydrogen-bond acceptors (Lipinski definition) is 4. The van der Waals surface area contributed by atoms with Gasteiger partial charge in [0, 0.05) is 0 Å². The zero-order valence-corrected chi connectivity index (χ0v) is 15.5. The normalized spacial score (nSPS) is 11.3. The van der Waals surface area contributed by atoms with E-state index in [1.54, 1.807) is 6.08 Å². The summed E-state index contributed by atoms with van der Waals surface area (Å²) in [4.78, 5) is 18.5. The van der Waals surface area contributed by atoms with Crippen LogP contribution < -0.4 is 10.5 Å². The first-order valence-corrected chi connectivity index (χ1v) is 8.55. The van der Waals surface area contributed by atoms with Crippen LogP contribution in [-0.4, -0.2) is 22.5 Å². The average Bonchev–Trinajstić information content (AvgIpc) is 3.02. The second-order valence-corrected chi connectivity index (χ2v) is 6.53. The van der Waals surface area contributed by atoms with E-state index < -0.39 is 5.91 Å². The summed E-state index contributed by atoms with van der Waals surface area (Å²) >= 11 is 3.43. The Bertz CT molecular complexity index is 1010. The van der Waals surface area contributed by atoms with E-state index in [0.717, 1.165) is 22.2 Å². The molecule has 3 aromatic rings. The largest absolute Gasteiger partial charge is 0.482 e. The number of fused-ring (bicyclic) bond motifs is 1. The molecule has 0 saturated carbocycles. The summed E-state index contributed by atoms with van der Waals surface area (Å²) in [6.45, 7) is 1.66. The lowest BCUT2D eigenvalue weighted by Gasteiger charge is -2.11. The maximum atomic E-state index is 10.9. The second kappa shape index (κ2) is 7.42. The van der Waals surface area contributed by atoms with E-state index in [1.165, 1.54) is 0 Å². The zero-order chi connectivity index (χ0) is 18.7. The lowest BCUT2D eigenvalue weighted by molar-refractivity contribution is -0.119. The number of aryl methyl sites for hydroxylation is 1. The summed E-state index contributed by atoms with van der Waals surface area (Å²) in [5.74, 6) is 0.511. The molecule has 3 rings (SSSR count). The zero-order valence-electron chi connectivity index (χ0n) is 13.9. The van der Waals surface area contributed by atoms with Gasteiger partial charge in [-0.2, -0.15) is 5.26 Å². The van der Waals surface area contributed by atoms with Crippen molar-refractivity contribution < 1.29 is 9.53 Å². The average molecular weight is 411 g/mol. The van der Waals surface area contributed by atoms with Crippen LogP contribution in [0.5, 0.6) is 5.75 Å². The van der Waals surface area contributed by atoms with Crippen molar-refractivity contribution in [2.75, 3.05) is 6.61 Å². The molecular weight excluding hydrogens is 396 g/mol. The summed E-state index contributed by atoms with van der Waals surface area (Å²) < 4.78 is 6.09. The van der Waals surface area contributed by atoms with Crippen LogP contribution in [0.4, 0.5) is 0 Å². The summed E-state index contributed by atoms with van der Waals surface area (Å²) in [6, 6.07) is 13.5. The highest BCUT2D eigenvalue weighted by atomic mass is 79.9. The van der Waals surface area contributed by atoms with Crippen molar-refractivity contribution in [3.05, 3.63) is 57.8 Å². The van der Waals surface area contributed by atoms with Crippen molar-refractivity contribution in [2.24, 2.45) is 5.73 Å². The number of hydrogen-bond donors (Lipinski definition) is 2. The van der Waals surface area contributed by atoms with Gasteiger partial charge >= 0.3 is 0 Å². The van der Waals surface area contributed by atoms with Gasteiger partial charge in [0.2, 0.25) is 0 Å². The topological polar surface area (TPSA) is 105 Å². The molecule has 1 amide bonds. The van der Waals surface area contributed by atoms with Crippen molar-refractivity contribution in [3.63, 3.8) is 0 Å². The highest BCUT2D eigenvalue weighted by Crippen LogP contribution is 2.31. The summed E-state index contributed by atoms with van der Waals surface area (Å²) in [5.41, 5.74) is 8.82. The first-order valence-electron chi connectivity index (χ1n) is 7.76. The fraction of sp³-hybridized carbons (Fsp3) is 0.105. The lowest BCUT2D eigenvalue weighted by atomic mass is 10.1. The Hall–Kier alpha value is -3.11. The van der Waals surface area contributed by atoms with Crippen LogP contribution in [0.1, 0.15) is 17.0 Å². The summed E-state index contributed by atoms with van der Waals surface area (Å²) in [5, 5.41) is 9.54. The number of carbonyl (C=O) groups excluding carboxylic acids is 1. The minimum absolute atomic E-state index is 0.197. The standard InChI is InChI=1S/C19H15BrN4O2/c1-11-6-12(8-14(20)18(11)26-10-17(22)25)7-13(9-21)19-23-15-4-2-3-5-16(15)24-19/h2-8H,10H2,1H3,(H2,22,25)(H,23,24)/b13-7-. The third-order valence-corrected chi connectivity index (χ3v) is 4.28. The molecule has 1 aromatic heterocycles. The predicted molar refractivity (Wildman–Crippen MR) is 103 cm³/mol. The first-order chi connectivity index (χ1) is 12.5. The molecule has 0 bridgehead atoms. The number of rotatable bonds is 5. The second-order valence-electron chi connectivity index (χ2n) is 5.68. The lowest BCUT2D eigenvalue weighted by Crippen LogP contribution is -2.20. The molecule has 0 spiro atoms. The molecule has 0 saturated heterocycles. The monoisotopic (exact) mass is 410 g/mol. The van der Waals surface area contributed by atoms with Crippen LogP contribution >= 0.6 is 15.9 Å². The van der Waals surface area contributed by atoms with E-state index >= 15 is 0 Å².